The maximum Gasteiger partial charge on any atom is 0.305 e. The van der Waals surface area contributed by atoms with Crippen LogP contribution in [0.15, 0.2) is 36.4 Å². The van der Waals surface area contributed by atoms with Gasteiger partial charge in [0, 0.05) is 41.7 Å². The van der Waals surface area contributed by atoms with Crippen LogP contribution in [0.5, 0.6) is 0 Å². The predicted molar refractivity (Wildman–Crippen MR) is 126 cm³/mol. The molecule has 1 atom stereocenters. The molecule has 1 fully saturated rings. The summed E-state index contributed by atoms with van der Waals surface area (Å²) in [5.41, 5.74) is 4.34. The molecule has 0 radical (unpaired) electrons. The molecule has 0 N–H and O–H groups in total. The molecular formula is C25H28ClN3O3. The molecule has 1 aromatic heterocycles. The van der Waals surface area contributed by atoms with Crippen LogP contribution in [0, 0.1) is 6.92 Å². The minimum Gasteiger partial charge on any atom is -0.469 e. The van der Waals surface area contributed by atoms with E-state index in [0.717, 1.165) is 59.6 Å². The number of rotatable bonds is 6. The number of hydrogen-bond donors (Lipinski definition) is 0. The van der Waals surface area contributed by atoms with Gasteiger partial charge in [0.1, 0.15) is 5.82 Å². The largest absolute Gasteiger partial charge is 0.469 e. The van der Waals surface area contributed by atoms with E-state index in [1.54, 1.807) is 0 Å². The van der Waals surface area contributed by atoms with E-state index >= 15 is 0 Å². The number of hydrogen-bond acceptors (Lipinski definition) is 4. The number of ether oxygens (including phenoxy) is 1. The van der Waals surface area contributed by atoms with Gasteiger partial charge in [-0.3, -0.25) is 14.2 Å². The summed E-state index contributed by atoms with van der Waals surface area (Å²) in [6.45, 7) is 5.69. The van der Waals surface area contributed by atoms with Gasteiger partial charge in [0.25, 0.3) is 5.91 Å². The first kappa shape index (κ1) is 22.3. The SMILES string of the molecule is COC(=O)CCC(C)c1nc2cc(Cl)ccc2n1-c1ccc(C(=O)N2CCCC2)c(C)c1. The van der Waals surface area contributed by atoms with E-state index in [0.29, 0.717) is 17.9 Å². The summed E-state index contributed by atoms with van der Waals surface area (Å²) in [6.07, 6.45) is 3.08. The van der Waals surface area contributed by atoms with Crippen LogP contribution in [0.2, 0.25) is 5.02 Å². The molecule has 1 amide bonds. The van der Waals surface area contributed by atoms with Crippen molar-refractivity contribution in [3.8, 4) is 5.69 Å². The minimum atomic E-state index is -0.233. The molecule has 7 heteroatoms. The number of aromatic nitrogens is 2. The first-order valence-corrected chi connectivity index (χ1v) is 11.4. The number of imidazole rings is 1. The van der Waals surface area contributed by atoms with Gasteiger partial charge in [0.2, 0.25) is 0 Å². The Morgan fingerprint density at radius 3 is 2.59 bits per heavy atom. The smallest absolute Gasteiger partial charge is 0.305 e. The zero-order valence-corrected chi connectivity index (χ0v) is 19.5. The van der Waals surface area contributed by atoms with Gasteiger partial charge in [0.15, 0.2) is 0 Å². The highest BCUT2D eigenvalue weighted by Gasteiger charge is 2.23. The van der Waals surface area contributed by atoms with Crippen LogP contribution in [0.1, 0.15) is 60.3 Å². The molecular weight excluding hydrogens is 426 g/mol. The lowest BCUT2D eigenvalue weighted by molar-refractivity contribution is -0.140. The molecule has 0 saturated carbocycles. The second-order valence-corrected chi connectivity index (χ2v) is 8.89. The molecule has 168 valence electrons. The number of carbonyl (C=O) groups excluding carboxylic acids is 2. The number of amides is 1. The van der Waals surface area contributed by atoms with Crippen molar-refractivity contribution in [2.45, 2.75) is 45.4 Å². The molecule has 32 heavy (non-hydrogen) atoms. The fourth-order valence-corrected chi connectivity index (χ4v) is 4.52. The van der Waals surface area contributed by atoms with Gasteiger partial charge in [-0.15, -0.1) is 0 Å². The molecule has 0 spiro atoms. The van der Waals surface area contributed by atoms with Crippen molar-refractivity contribution in [2.24, 2.45) is 0 Å². The summed E-state index contributed by atoms with van der Waals surface area (Å²) < 4.78 is 6.90. The van der Waals surface area contributed by atoms with Crippen molar-refractivity contribution in [2.75, 3.05) is 20.2 Å². The van der Waals surface area contributed by atoms with Crippen LogP contribution in [0.25, 0.3) is 16.7 Å². The van der Waals surface area contributed by atoms with Crippen molar-refractivity contribution in [3.63, 3.8) is 0 Å². The van der Waals surface area contributed by atoms with Crippen LogP contribution in [-0.2, 0) is 9.53 Å². The number of esters is 1. The molecule has 4 rings (SSSR count). The van der Waals surface area contributed by atoms with E-state index in [4.69, 9.17) is 21.3 Å². The van der Waals surface area contributed by atoms with E-state index in [9.17, 15) is 9.59 Å². The van der Waals surface area contributed by atoms with E-state index in [1.807, 2.05) is 48.2 Å². The predicted octanol–water partition coefficient (Wildman–Crippen LogP) is 5.28. The fourth-order valence-electron chi connectivity index (χ4n) is 4.36. The van der Waals surface area contributed by atoms with Gasteiger partial charge in [-0.05, 0) is 68.1 Å². The number of carbonyl (C=O) groups is 2. The normalized spacial score (nSPS) is 14.7. The van der Waals surface area contributed by atoms with Crippen LogP contribution in [0.3, 0.4) is 0 Å². The number of methoxy groups -OCH3 is 1. The standard InChI is InChI=1S/C25H28ClN3O3/c1-16(6-11-23(30)32-3)24-27-21-15-18(26)7-10-22(21)29(24)19-8-9-20(17(2)14-19)25(31)28-12-4-5-13-28/h7-10,14-16H,4-6,11-13H2,1-3H3. The zero-order chi connectivity index (χ0) is 22.8. The third kappa shape index (κ3) is 4.37. The number of likely N-dealkylation sites (tertiary alicyclic amines) is 1. The Kier molecular flexibility index (Phi) is 6.51. The lowest BCUT2D eigenvalue weighted by atomic mass is 10.0. The van der Waals surface area contributed by atoms with Crippen molar-refractivity contribution >= 4 is 34.5 Å². The van der Waals surface area contributed by atoms with Gasteiger partial charge >= 0.3 is 5.97 Å². The summed E-state index contributed by atoms with van der Waals surface area (Å²) in [7, 11) is 1.40. The zero-order valence-electron chi connectivity index (χ0n) is 18.7. The fraction of sp³-hybridized carbons (Fsp3) is 0.400. The maximum atomic E-state index is 12.9. The van der Waals surface area contributed by atoms with Crippen LogP contribution >= 0.6 is 11.6 Å². The van der Waals surface area contributed by atoms with Crippen molar-refractivity contribution < 1.29 is 14.3 Å². The highest BCUT2D eigenvalue weighted by Crippen LogP contribution is 2.31. The lowest BCUT2D eigenvalue weighted by Crippen LogP contribution is -2.28. The van der Waals surface area contributed by atoms with E-state index in [2.05, 4.69) is 11.5 Å². The van der Waals surface area contributed by atoms with Crippen LogP contribution in [-0.4, -0.2) is 46.5 Å². The summed E-state index contributed by atoms with van der Waals surface area (Å²) in [4.78, 5) is 31.4. The monoisotopic (exact) mass is 453 g/mol. The molecule has 3 aromatic rings. The lowest BCUT2D eigenvalue weighted by Gasteiger charge is -2.19. The van der Waals surface area contributed by atoms with Crippen molar-refractivity contribution in [1.29, 1.82) is 0 Å². The third-order valence-corrected chi connectivity index (χ3v) is 6.42. The van der Waals surface area contributed by atoms with E-state index in [-0.39, 0.29) is 17.8 Å². The Labute approximate surface area is 193 Å². The van der Waals surface area contributed by atoms with Crippen LogP contribution in [0.4, 0.5) is 0 Å². The first-order valence-electron chi connectivity index (χ1n) is 11.0. The Hall–Kier alpha value is -2.86. The van der Waals surface area contributed by atoms with Gasteiger partial charge < -0.3 is 9.64 Å². The minimum absolute atomic E-state index is 0.0199. The molecule has 1 aliphatic rings. The van der Waals surface area contributed by atoms with Gasteiger partial charge in [0.05, 0.1) is 18.1 Å². The van der Waals surface area contributed by atoms with Crippen LogP contribution < -0.4 is 0 Å². The van der Waals surface area contributed by atoms with Gasteiger partial charge in [-0.1, -0.05) is 18.5 Å². The summed E-state index contributed by atoms with van der Waals surface area (Å²) in [5, 5.41) is 0.624. The summed E-state index contributed by atoms with van der Waals surface area (Å²) in [5.74, 6) is 0.736. The highest BCUT2D eigenvalue weighted by molar-refractivity contribution is 6.31. The molecule has 1 unspecified atom stereocenters. The number of halogens is 1. The second-order valence-electron chi connectivity index (χ2n) is 8.45. The molecule has 2 heterocycles. The average molecular weight is 454 g/mol. The molecule has 2 aromatic carbocycles. The quantitative estimate of drug-likeness (QED) is 0.476. The summed E-state index contributed by atoms with van der Waals surface area (Å²) in [6, 6.07) is 11.6. The molecule has 1 aliphatic heterocycles. The van der Waals surface area contributed by atoms with Crippen molar-refractivity contribution in [3.05, 3.63) is 58.4 Å². The van der Waals surface area contributed by atoms with Crippen molar-refractivity contribution in [1.82, 2.24) is 14.5 Å². The molecule has 0 bridgehead atoms. The maximum absolute atomic E-state index is 12.9. The van der Waals surface area contributed by atoms with E-state index in [1.165, 1.54) is 7.11 Å². The average Bonchev–Trinajstić information content (AvgIpc) is 3.44. The Bertz CT molecular complexity index is 1160. The van der Waals surface area contributed by atoms with E-state index < -0.39 is 0 Å². The van der Waals surface area contributed by atoms with Gasteiger partial charge in [-0.2, -0.15) is 0 Å². The number of aryl methyl sites for hydroxylation is 1. The number of benzene rings is 2. The molecule has 1 saturated heterocycles. The molecule has 0 aliphatic carbocycles. The van der Waals surface area contributed by atoms with Gasteiger partial charge in [-0.25, -0.2) is 4.98 Å². The number of nitrogens with zero attached hydrogens (tertiary/aromatic N) is 3. The third-order valence-electron chi connectivity index (χ3n) is 6.18. The first-order chi connectivity index (χ1) is 15.4. The topological polar surface area (TPSA) is 64.4 Å². The Morgan fingerprint density at radius 1 is 1.16 bits per heavy atom. The molecule has 6 nitrogen and oxygen atoms in total. The second kappa shape index (κ2) is 9.33. The summed E-state index contributed by atoms with van der Waals surface area (Å²) >= 11 is 6.22. The Morgan fingerprint density at radius 2 is 1.91 bits per heavy atom. The highest BCUT2D eigenvalue weighted by atomic mass is 35.5. The number of fused-ring (bicyclic) bond motifs is 1. The Balaban J connectivity index is 1.74.